The van der Waals surface area contributed by atoms with Crippen molar-refractivity contribution in [1.82, 2.24) is 24.8 Å². The molecule has 8 nitrogen and oxygen atoms in total. The normalized spacial score (nSPS) is 10.9. The standard InChI is InChI=1S/C14H13ClN6O2/c1-8-12-13(18-20(8)2)14(23)21(19-17-12)7-11(22)16-10-5-3-9(15)4-6-10/h3-6H,7H2,1-2H3,(H,16,22). The summed E-state index contributed by atoms with van der Waals surface area (Å²) in [7, 11) is 1.72. The van der Waals surface area contributed by atoms with Gasteiger partial charge in [0.15, 0.2) is 5.52 Å². The highest BCUT2D eigenvalue weighted by atomic mass is 35.5. The van der Waals surface area contributed by atoms with Gasteiger partial charge in [-0.3, -0.25) is 14.3 Å². The molecule has 1 amide bonds. The van der Waals surface area contributed by atoms with Gasteiger partial charge in [-0.2, -0.15) is 9.78 Å². The Bertz CT molecular complexity index is 944. The molecule has 0 radical (unpaired) electrons. The van der Waals surface area contributed by atoms with E-state index in [0.717, 1.165) is 10.4 Å². The molecule has 9 heteroatoms. The summed E-state index contributed by atoms with van der Waals surface area (Å²) >= 11 is 5.78. The lowest BCUT2D eigenvalue weighted by Crippen LogP contribution is -2.30. The van der Waals surface area contributed by atoms with Crippen molar-refractivity contribution < 1.29 is 4.79 Å². The summed E-state index contributed by atoms with van der Waals surface area (Å²) < 4.78 is 2.54. The smallest absolute Gasteiger partial charge is 0.298 e. The van der Waals surface area contributed by atoms with Crippen molar-refractivity contribution in [2.75, 3.05) is 5.32 Å². The molecular weight excluding hydrogens is 320 g/mol. The zero-order valence-electron chi connectivity index (χ0n) is 12.4. The zero-order valence-corrected chi connectivity index (χ0v) is 13.2. The van der Waals surface area contributed by atoms with Gasteiger partial charge in [-0.05, 0) is 31.2 Å². The maximum absolute atomic E-state index is 12.3. The average Bonchev–Trinajstić information content (AvgIpc) is 2.81. The minimum atomic E-state index is -0.454. The molecule has 0 unspecified atom stereocenters. The second-order valence-corrected chi connectivity index (χ2v) is 5.45. The van der Waals surface area contributed by atoms with Crippen LogP contribution in [0, 0.1) is 6.92 Å². The van der Waals surface area contributed by atoms with E-state index in [2.05, 4.69) is 20.7 Å². The fourth-order valence-corrected chi connectivity index (χ4v) is 2.22. The quantitative estimate of drug-likeness (QED) is 0.775. The molecule has 1 N–H and O–H groups in total. The molecule has 0 aliphatic heterocycles. The van der Waals surface area contributed by atoms with Crippen molar-refractivity contribution in [1.29, 1.82) is 0 Å². The largest absolute Gasteiger partial charge is 0.324 e. The van der Waals surface area contributed by atoms with Crippen LogP contribution in [0.1, 0.15) is 5.69 Å². The molecule has 0 fully saturated rings. The number of nitrogens with zero attached hydrogens (tertiary/aromatic N) is 5. The summed E-state index contributed by atoms with van der Waals surface area (Å²) in [5.41, 5.74) is 1.49. The van der Waals surface area contributed by atoms with Gasteiger partial charge in [0.25, 0.3) is 5.56 Å². The van der Waals surface area contributed by atoms with E-state index in [4.69, 9.17) is 11.6 Å². The lowest BCUT2D eigenvalue weighted by atomic mass is 10.3. The SMILES string of the molecule is Cc1c2nnn(CC(=O)Nc3ccc(Cl)cc3)c(=O)c2nn1C. The predicted octanol–water partition coefficient (Wildman–Crippen LogP) is 1.13. The molecule has 3 rings (SSSR count). The molecule has 3 aromatic rings. The number of aromatic nitrogens is 5. The van der Waals surface area contributed by atoms with Crippen LogP contribution in [0.5, 0.6) is 0 Å². The first-order valence-electron chi connectivity index (χ1n) is 6.78. The maximum atomic E-state index is 12.3. The van der Waals surface area contributed by atoms with Gasteiger partial charge in [-0.1, -0.05) is 16.8 Å². The second-order valence-electron chi connectivity index (χ2n) is 5.01. The van der Waals surface area contributed by atoms with E-state index < -0.39 is 11.5 Å². The van der Waals surface area contributed by atoms with Gasteiger partial charge < -0.3 is 5.32 Å². The first-order chi connectivity index (χ1) is 11.0. The van der Waals surface area contributed by atoms with Gasteiger partial charge >= 0.3 is 0 Å². The van der Waals surface area contributed by atoms with Crippen LogP contribution in [0.15, 0.2) is 29.1 Å². The molecule has 118 valence electrons. The number of carbonyl (C=O) groups is 1. The maximum Gasteiger partial charge on any atom is 0.298 e. The Morgan fingerprint density at radius 3 is 2.65 bits per heavy atom. The third-order valence-corrected chi connectivity index (χ3v) is 3.67. The van der Waals surface area contributed by atoms with Crippen LogP contribution in [-0.4, -0.2) is 30.7 Å². The van der Waals surface area contributed by atoms with Gasteiger partial charge in [0.2, 0.25) is 5.91 Å². The summed E-state index contributed by atoms with van der Waals surface area (Å²) in [6.07, 6.45) is 0. The highest BCUT2D eigenvalue weighted by Gasteiger charge is 2.15. The van der Waals surface area contributed by atoms with Crippen molar-refractivity contribution in [2.45, 2.75) is 13.5 Å². The van der Waals surface area contributed by atoms with Crippen LogP contribution < -0.4 is 10.9 Å². The molecule has 2 aromatic heterocycles. The number of aryl methyl sites for hydroxylation is 2. The van der Waals surface area contributed by atoms with Crippen LogP contribution in [0.2, 0.25) is 5.02 Å². The fraction of sp³-hybridized carbons (Fsp3) is 0.214. The van der Waals surface area contributed by atoms with Crippen molar-refractivity contribution in [3.63, 3.8) is 0 Å². The van der Waals surface area contributed by atoms with E-state index in [1.165, 1.54) is 0 Å². The first-order valence-corrected chi connectivity index (χ1v) is 7.16. The van der Waals surface area contributed by atoms with E-state index in [0.29, 0.717) is 16.2 Å². The number of hydrogen-bond acceptors (Lipinski definition) is 5. The van der Waals surface area contributed by atoms with Crippen molar-refractivity contribution >= 4 is 34.2 Å². The molecule has 0 aliphatic carbocycles. The lowest BCUT2D eigenvalue weighted by molar-refractivity contribution is -0.117. The molecule has 0 bridgehead atoms. The Hall–Kier alpha value is -2.74. The summed E-state index contributed by atoms with van der Waals surface area (Å²) in [6, 6.07) is 6.65. The number of hydrogen-bond donors (Lipinski definition) is 1. The van der Waals surface area contributed by atoms with Crippen molar-refractivity contribution in [3.05, 3.63) is 45.3 Å². The molecular formula is C14H13ClN6O2. The number of benzene rings is 1. The van der Waals surface area contributed by atoms with Crippen LogP contribution in [0.3, 0.4) is 0 Å². The molecule has 0 saturated heterocycles. The number of nitrogens with one attached hydrogen (secondary N) is 1. The van der Waals surface area contributed by atoms with Gasteiger partial charge in [0, 0.05) is 17.8 Å². The Morgan fingerprint density at radius 1 is 1.26 bits per heavy atom. The monoisotopic (exact) mass is 332 g/mol. The number of fused-ring (bicyclic) bond motifs is 1. The van der Waals surface area contributed by atoms with Gasteiger partial charge in [0.05, 0.1) is 5.69 Å². The zero-order chi connectivity index (χ0) is 16.6. The van der Waals surface area contributed by atoms with E-state index >= 15 is 0 Å². The van der Waals surface area contributed by atoms with Crippen LogP contribution in [0.25, 0.3) is 11.0 Å². The molecule has 1 aromatic carbocycles. The Morgan fingerprint density at radius 2 is 1.96 bits per heavy atom. The molecule has 0 atom stereocenters. The molecule has 2 heterocycles. The lowest BCUT2D eigenvalue weighted by Gasteiger charge is -2.06. The van der Waals surface area contributed by atoms with Crippen LogP contribution in [0.4, 0.5) is 5.69 Å². The Labute approximate surface area is 135 Å². The average molecular weight is 333 g/mol. The number of halogens is 1. The minimum absolute atomic E-state index is 0.194. The summed E-state index contributed by atoms with van der Waals surface area (Å²) in [5, 5.41) is 15.1. The Kier molecular flexibility index (Phi) is 3.83. The molecule has 0 spiro atoms. The van der Waals surface area contributed by atoms with Crippen molar-refractivity contribution in [2.24, 2.45) is 7.05 Å². The highest BCUT2D eigenvalue weighted by molar-refractivity contribution is 6.30. The van der Waals surface area contributed by atoms with E-state index in [1.807, 2.05) is 0 Å². The fourth-order valence-electron chi connectivity index (χ4n) is 2.10. The highest BCUT2D eigenvalue weighted by Crippen LogP contribution is 2.13. The minimum Gasteiger partial charge on any atom is -0.324 e. The van der Waals surface area contributed by atoms with E-state index in [9.17, 15) is 9.59 Å². The Balaban J connectivity index is 1.83. The number of rotatable bonds is 3. The van der Waals surface area contributed by atoms with Crippen LogP contribution >= 0.6 is 11.6 Å². The number of carbonyl (C=O) groups excluding carboxylic acids is 1. The van der Waals surface area contributed by atoms with E-state index in [-0.39, 0.29) is 12.1 Å². The third kappa shape index (κ3) is 2.93. The van der Waals surface area contributed by atoms with Gasteiger partial charge in [-0.15, -0.1) is 5.10 Å². The van der Waals surface area contributed by atoms with Gasteiger partial charge in [0.1, 0.15) is 12.1 Å². The van der Waals surface area contributed by atoms with Gasteiger partial charge in [-0.25, -0.2) is 0 Å². The second kappa shape index (κ2) is 5.81. The summed E-state index contributed by atoms with van der Waals surface area (Å²) in [6.45, 7) is 1.54. The predicted molar refractivity (Wildman–Crippen MR) is 85.4 cm³/mol. The van der Waals surface area contributed by atoms with Crippen molar-refractivity contribution in [3.8, 4) is 0 Å². The number of amides is 1. The first kappa shape index (κ1) is 15.2. The molecule has 0 saturated carbocycles. The van der Waals surface area contributed by atoms with E-state index in [1.54, 1.807) is 42.9 Å². The van der Waals surface area contributed by atoms with Crippen LogP contribution in [-0.2, 0) is 18.4 Å². The summed E-state index contributed by atoms with van der Waals surface area (Å²) in [4.78, 5) is 24.3. The molecule has 23 heavy (non-hydrogen) atoms. The topological polar surface area (TPSA) is 94.7 Å². The number of anilines is 1. The molecule has 0 aliphatic rings. The summed E-state index contributed by atoms with van der Waals surface area (Å²) in [5.74, 6) is -0.393. The third-order valence-electron chi connectivity index (χ3n) is 3.41.